The van der Waals surface area contributed by atoms with E-state index in [9.17, 15) is 0 Å². The summed E-state index contributed by atoms with van der Waals surface area (Å²) in [5.41, 5.74) is 0.970. The van der Waals surface area contributed by atoms with Gasteiger partial charge in [0.05, 0.1) is 6.10 Å². The Morgan fingerprint density at radius 1 is 1.20 bits per heavy atom. The predicted octanol–water partition coefficient (Wildman–Crippen LogP) is 0.915. The second-order valence-electron chi connectivity index (χ2n) is 2.09. The van der Waals surface area contributed by atoms with E-state index in [1.807, 2.05) is 30.3 Å². The molecule has 0 amide bonds. The normalized spacial score (nSPS) is 11.8. The maximum absolute atomic E-state index is 9.02. The van der Waals surface area contributed by atoms with Gasteiger partial charge in [-0.1, -0.05) is 30.3 Å². The lowest BCUT2D eigenvalue weighted by atomic mass is 10.1. The summed E-state index contributed by atoms with van der Waals surface area (Å²) in [6.07, 6.45) is -0.341. The van der Waals surface area contributed by atoms with Crippen LogP contribution in [0, 0.1) is 0 Å². The molecule has 56 valence electrons. The molecule has 1 aromatic carbocycles. The molecule has 0 bridgehead atoms. The monoisotopic (exact) mass is 140 g/mol. The summed E-state index contributed by atoms with van der Waals surface area (Å²) < 4.78 is 0. The van der Waals surface area contributed by atoms with Crippen molar-refractivity contribution in [2.24, 2.45) is 0 Å². The first kappa shape index (κ1) is 9.14. The average molecular weight is 140 g/mol. The van der Waals surface area contributed by atoms with Gasteiger partial charge >= 0.3 is 0 Å². The molecule has 0 fully saturated rings. The number of aliphatic hydroxyl groups excluding tert-OH is 1. The van der Waals surface area contributed by atoms with E-state index in [2.05, 4.69) is 0 Å². The third-order valence-corrected chi connectivity index (χ3v) is 1.28. The van der Waals surface area contributed by atoms with Gasteiger partial charge in [0.15, 0.2) is 0 Å². The molecule has 0 saturated carbocycles. The van der Waals surface area contributed by atoms with Crippen molar-refractivity contribution >= 4 is 0 Å². The van der Waals surface area contributed by atoms with Crippen LogP contribution in [-0.4, -0.2) is 10.6 Å². The fraction of sp³-hybridized carbons (Fsp3) is 0.250. The Hall–Kier alpha value is -0.860. The standard InChI is InChI=1S/C8H10O.H2O/c1-7(9)8-5-3-2-4-6-8;/h2-7,9H,1H3;1H2/t7-;/m1./s1. The summed E-state index contributed by atoms with van der Waals surface area (Å²) in [4.78, 5) is 0. The van der Waals surface area contributed by atoms with Crippen molar-refractivity contribution in [1.82, 2.24) is 0 Å². The van der Waals surface area contributed by atoms with Crippen molar-refractivity contribution in [3.8, 4) is 0 Å². The van der Waals surface area contributed by atoms with Gasteiger partial charge in [0, 0.05) is 0 Å². The third kappa shape index (κ3) is 2.17. The van der Waals surface area contributed by atoms with Crippen LogP contribution in [-0.2, 0) is 0 Å². The van der Waals surface area contributed by atoms with Crippen LogP contribution in [0.2, 0.25) is 0 Å². The minimum absolute atomic E-state index is 0. The van der Waals surface area contributed by atoms with Gasteiger partial charge in [0.25, 0.3) is 0 Å². The molecule has 1 atom stereocenters. The van der Waals surface area contributed by atoms with E-state index in [4.69, 9.17) is 5.11 Å². The molecule has 0 unspecified atom stereocenters. The fourth-order valence-corrected chi connectivity index (χ4v) is 0.732. The van der Waals surface area contributed by atoms with Gasteiger partial charge in [-0.25, -0.2) is 0 Å². The summed E-state index contributed by atoms with van der Waals surface area (Å²) in [5, 5.41) is 9.02. The van der Waals surface area contributed by atoms with Crippen LogP contribution in [0.15, 0.2) is 30.3 Å². The van der Waals surface area contributed by atoms with E-state index < -0.39 is 0 Å². The van der Waals surface area contributed by atoms with Crippen molar-refractivity contribution in [2.45, 2.75) is 13.0 Å². The highest BCUT2D eigenvalue weighted by Crippen LogP contribution is 2.08. The molecule has 1 aromatic rings. The number of aliphatic hydroxyl groups is 1. The molecule has 10 heavy (non-hydrogen) atoms. The van der Waals surface area contributed by atoms with Crippen LogP contribution in [0.1, 0.15) is 18.6 Å². The van der Waals surface area contributed by atoms with Gasteiger partial charge in [-0.15, -0.1) is 0 Å². The molecule has 0 spiro atoms. The maximum atomic E-state index is 9.02. The molecule has 0 heterocycles. The first-order valence-electron chi connectivity index (χ1n) is 3.03. The summed E-state index contributed by atoms with van der Waals surface area (Å²) in [7, 11) is 0. The molecule has 0 aliphatic rings. The Bertz CT molecular complexity index is 170. The van der Waals surface area contributed by atoms with Crippen LogP contribution in [0.5, 0.6) is 0 Å². The molecule has 2 nitrogen and oxygen atoms in total. The summed E-state index contributed by atoms with van der Waals surface area (Å²) in [6.45, 7) is 1.76. The minimum atomic E-state index is -0.341. The minimum Gasteiger partial charge on any atom is -0.412 e. The molecule has 0 aromatic heterocycles. The molecule has 2 heteroatoms. The molecule has 0 aliphatic heterocycles. The van der Waals surface area contributed by atoms with Crippen LogP contribution in [0.3, 0.4) is 0 Å². The zero-order chi connectivity index (χ0) is 6.69. The Labute approximate surface area is 60.4 Å². The quantitative estimate of drug-likeness (QED) is 0.619. The Morgan fingerprint density at radius 2 is 1.70 bits per heavy atom. The van der Waals surface area contributed by atoms with Gasteiger partial charge in [-0.2, -0.15) is 0 Å². The predicted molar refractivity (Wildman–Crippen MR) is 40.7 cm³/mol. The molecular weight excluding hydrogens is 128 g/mol. The first-order chi connectivity index (χ1) is 4.30. The number of hydrogen-bond donors (Lipinski definition) is 1. The summed E-state index contributed by atoms with van der Waals surface area (Å²) in [5.74, 6) is 0. The van der Waals surface area contributed by atoms with Gasteiger partial charge in [-0.05, 0) is 12.5 Å². The second-order valence-corrected chi connectivity index (χ2v) is 2.09. The van der Waals surface area contributed by atoms with Crippen molar-refractivity contribution in [1.29, 1.82) is 0 Å². The number of rotatable bonds is 1. The first-order valence-corrected chi connectivity index (χ1v) is 3.03. The van der Waals surface area contributed by atoms with Gasteiger partial charge in [0.1, 0.15) is 0 Å². The number of hydrogen-bond acceptors (Lipinski definition) is 1. The van der Waals surface area contributed by atoms with E-state index in [1.54, 1.807) is 6.92 Å². The largest absolute Gasteiger partial charge is 0.412 e. The molecule has 0 saturated heterocycles. The van der Waals surface area contributed by atoms with E-state index in [0.717, 1.165) is 5.56 Å². The van der Waals surface area contributed by atoms with E-state index in [-0.39, 0.29) is 11.6 Å². The highest BCUT2D eigenvalue weighted by molar-refractivity contribution is 5.16. The van der Waals surface area contributed by atoms with Gasteiger partial charge in [0.2, 0.25) is 0 Å². The summed E-state index contributed by atoms with van der Waals surface area (Å²) >= 11 is 0. The van der Waals surface area contributed by atoms with Crippen molar-refractivity contribution in [2.75, 3.05) is 0 Å². The molecule has 1 rings (SSSR count). The maximum Gasteiger partial charge on any atom is 0.0761 e. The van der Waals surface area contributed by atoms with Crippen LogP contribution in [0.25, 0.3) is 0 Å². The highest BCUT2D eigenvalue weighted by atomic mass is 16.3. The molecule has 0 radical (unpaired) electrons. The van der Waals surface area contributed by atoms with Crippen LogP contribution < -0.4 is 0 Å². The van der Waals surface area contributed by atoms with Crippen molar-refractivity contribution in [3.63, 3.8) is 0 Å². The van der Waals surface area contributed by atoms with Gasteiger partial charge in [-0.3, -0.25) is 0 Å². The van der Waals surface area contributed by atoms with Crippen molar-refractivity contribution < 1.29 is 10.6 Å². The zero-order valence-electron chi connectivity index (χ0n) is 5.91. The second kappa shape index (κ2) is 4.04. The Morgan fingerprint density at radius 3 is 2.00 bits per heavy atom. The fourth-order valence-electron chi connectivity index (χ4n) is 0.732. The van der Waals surface area contributed by atoms with E-state index in [1.165, 1.54) is 0 Å². The smallest absolute Gasteiger partial charge is 0.0761 e. The summed E-state index contributed by atoms with van der Waals surface area (Å²) in [6, 6.07) is 9.59. The van der Waals surface area contributed by atoms with Gasteiger partial charge < -0.3 is 10.6 Å². The molecule has 0 aliphatic carbocycles. The lowest BCUT2D eigenvalue weighted by molar-refractivity contribution is 0.199. The van der Waals surface area contributed by atoms with Crippen molar-refractivity contribution in [3.05, 3.63) is 35.9 Å². The van der Waals surface area contributed by atoms with E-state index in [0.29, 0.717) is 0 Å². The van der Waals surface area contributed by atoms with Crippen LogP contribution in [0.4, 0.5) is 0 Å². The number of benzene rings is 1. The average Bonchev–Trinajstić information content (AvgIpc) is 1.90. The van der Waals surface area contributed by atoms with E-state index >= 15 is 0 Å². The SMILES string of the molecule is C[C@@H](O)c1ccccc1.O. The topological polar surface area (TPSA) is 51.7 Å². The van der Waals surface area contributed by atoms with Crippen LogP contribution >= 0.6 is 0 Å². The zero-order valence-corrected chi connectivity index (χ0v) is 5.91. The Kier molecular flexibility index (Phi) is 3.69. The lowest BCUT2D eigenvalue weighted by Crippen LogP contribution is -1.87. The molecular formula is C8H12O2. The Balaban J connectivity index is 0.000000810. The highest BCUT2D eigenvalue weighted by Gasteiger charge is 1.95. The lowest BCUT2D eigenvalue weighted by Gasteiger charge is -2.00. The molecule has 3 N–H and O–H groups in total. The third-order valence-electron chi connectivity index (χ3n) is 1.28.